The molecule has 2 aromatic rings. The average Bonchev–Trinajstić information content (AvgIpc) is 3.00. The highest BCUT2D eigenvalue weighted by Gasteiger charge is 2.32. The quantitative estimate of drug-likeness (QED) is 0.420. The molecule has 0 unspecified atom stereocenters. The van der Waals surface area contributed by atoms with Crippen molar-refractivity contribution in [1.82, 2.24) is 4.90 Å². The maximum absolute atomic E-state index is 13.0. The molecule has 2 amide bonds. The van der Waals surface area contributed by atoms with Gasteiger partial charge < -0.3 is 15.2 Å². The van der Waals surface area contributed by atoms with Crippen LogP contribution in [-0.4, -0.2) is 45.3 Å². The number of carboxylic acid groups (broad SMARTS) is 1. The first-order valence-corrected chi connectivity index (χ1v) is 10.8. The summed E-state index contributed by atoms with van der Waals surface area (Å²) in [7, 11) is 0. The van der Waals surface area contributed by atoms with Gasteiger partial charge in [0.2, 0.25) is 0 Å². The van der Waals surface area contributed by atoms with Crippen LogP contribution in [0.15, 0.2) is 47.4 Å². The van der Waals surface area contributed by atoms with Gasteiger partial charge in [-0.2, -0.15) is 0 Å². The van der Waals surface area contributed by atoms with Gasteiger partial charge in [0.25, 0.3) is 11.8 Å². The van der Waals surface area contributed by atoms with E-state index < -0.39 is 23.6 Å². The fourth-order valence-electron chi connectivity index (χ4n) is 2.68. The SMILES string of the molecule is O=C(O)CCN1C(=O)/C(=C/c2cc(Cl)ccc2OCC(=O)Nc2ccc(F)cc2)SC1=S. The fourth-order valence-corrected chi connectivity index (χ4v) is 4.16. The van der Waals surface area contributed by atoms with Crippen LogP contribution in [0.3, 0.4) is 0 Å². The second-order valence-corrected chi connectivity index (χ2v) is 8.62. The van der Waals surface area contributed by atoms with Crippen LogP contribution in [0.2, 0.25) is 5.02 Å². The van der Waals surface area contributed by atoms with Gasteiger partial charge >= 0.3 is 5.97 Å². The highest BCUT2D eigenvalue weighted by Crippen LogP contribution is 2.35. The number of benzene rings is 2. The topological polar surface area (TPSA) is 95.9 Å². The monoisotopic (exact) mass is 494 g/mol. The molecule has 1 aliphatic rings. The van der Waals surface area contributed by atoms with Crippen LogP contribution in [0.5, 0.6) is 5.75 Å². The Morgan fingerprint density at radius 2 is 1.97 bits per heavy atom. The first-order chi connectivity index (χ1) is 15.2. The highest BCUT2D eigenvalue weighted by molar-refractivity contribution is 8.26. The van der Waals surface area contributed by atoms with Crippen LogP contribution in [0.1, 0.15) is 12.0 Å². The molecule has 0 aromatic heterocycles. The number of nitrogens with one attached hydrogen (secondary N) is 1. The second kappa shape index (κ2) is 10.6. The van der Waals surface area contributed by atoms with E-state index in [0.717, 1.165) is 11.8 Å². The molecule has 0 bridgehead atoms. The lowest BCUT2D eigenvalue weighted by atomic mass is 10.2. The predicted octanol–water partition coefficient (Wildman–Crippen LogP) is 4.17. The van der Waals surface area contributed by atoms with Crippen molar-refractivity contribution in [2.45, 2.75) is 6.42 Å². The minimum atomic E-state index is -1.03. The number of aliphatic carboxylic acids is 1. The molecule has 0 saturated carbocycles. The zero-order valence-corrected chi connectivity index (χ0v) is 18.7. The molecular weight excluding hydrogens is 479 g/mol. The third-order valence-electron chi connectivity index (χ3n) is 4.17. The van der Waals surface area contributed by atoms with Crippen LogP contribution in [0.4, 0.5) is 10.1 Å². The number of halogens is 2. The van der Waals surface area contributed by atoms with Gasteiger partial charge in [-0.25, -0.2) is 4.39 Å². The van der Waals surface area contributed by atoms with E-state index in [2.05, 4.69) is 5.32 Å². The number of thiocarbonyl (C=S) groups is 1. The normalized spacial score (nSPS) is 14.7. The molecule has 1 fully saturated rings. The van der Waals surface area contributed by atoms with Gasteiger partial charge in [-0.1, -0.05) is 35.6 Å². The van der Waals surface area contributed by atoms with Crippen LogP contribution in [0, 0.1) is 5.82 Å². The standard InChI is InChI=1S/C21H16ClFN2O5S2/c22-13-1-6-16(30-11-18(26)24-15-4-2-14(23)3-5-15)12(9-13)10-17-20(29)25(21(31)32-17)8-7-19(27)28/h1-6,9-10H,7-8,11H2,(H,24,26)(H,27,28)/b17-10-. The summed E-state index contributed by atoms with van der Waals surface area (Å²) in [6.45, 7) is -0.362. The van der Waals surface area contributed by atoms with Crippen molar-refractivity contribution in [2.75, 3.05) is 18.5 Å². The molecule has 0 spiro atoms. The zero-order chi connectivity index (χ0) is 23.3. The molecule has 0 aliphatic carbocycles. The van der Waals surface area contributed by atoms with E-state index in [4.69, 9.17) is 33.7 Å². The molecule has 3 rings (SSSR count). The van der Waals surface area contributed by atoms with Crippen LogP contribution < -0.4 is 10.1 Å². The smallest absolute Gasteiger partial charge is 0.305 e. The lowest BCUT2D eigenvalue weighted by molar-refractivity contribution is -0.137. The second-order valence-electron chi connectivity index (χ2n) is 6.50. The number of nitrogens with zero attached hydrogens (tertiary/aromatic N) is 1. The number of carbonyl (C=O) groups excluding carboxylic acids is 2. The van der Waals surface area contributed by atoms with Gasteiger partial charge in [0.05, 0.1) is 11.3 Å². The summed E-state index contributed by atoms with van der Waals surface area (Å²) in [6.07, 6.45) is 1.30. The van der Waals surface area contributed by atoms with E-state index >= 15 is 0 Å². The molecule has 2 aromatic carbocycles. The van der Waals surface area contributed by atoms with Crippen molar-refractivity contribution in [3.63, 3.8) is 0 Å². The number of carbonyl (C=O) groups is 3. The molecule has 2 N–H and O–H groups in total. The van der Waals surface area contributed by atoms with Gasteiger partial charge in [-0.05, 0) is 48.5 Å². The minimum Gasteiger partial charge on any atom is -0.483 e. The first-order valence-electron chi connectivity index (χ1n) is 9.18. The molecule has 11 heteroatoms. The Balaban J connectivity index is 1.71. The van der Waals surface area contributed by atoms with Crippen molar-refractivity contribution in [3.05, 3.63) is 63.8 Å². The molecule has 7 nitrogen and oxygen atoms in total. The number of carboxylic acids is 1. The van der Waals surface area contributed by atoms with Crippen molar-refractivity contribution < 1.29 is 28.6 Å². The lowest BCUT2D eigenvalue weighted by Gasteiger charge is -2.12. The number of ether oxygens (including phenoxy) is 1. The number of anilines is 1. The molecule has 0 radical (unpaired) electrons. The highest BCUT2D eigenvalue weighted by atomic mass is 35.5. The summed E-state index contributed by atoms with van der Waals surface area (Å²) in [5.74, 6) is -2.02. The van der Waals surface area contributed by atoms with Crippen LogP contribution >= 0.6 is 35.6 Å². The summed E-state index contributed by atoms with van der Waals surface area (Å²) in [4.78, 5) is 37.1. The summed E-state index contributed by atoms with van der Waals surface area (Å²) in [6, 6.07) is 9.99. The minimum absolute atomic E-state index is 0.0280. The number of rotatable bonds is 8. The summed E-state index contributed by atoms with van der Waals surface area (Å²) in [5, 5.41) is 11.8. The summed E-state index contributed by atoms with van der Waals surface area (Å²) < 4.78 is 18.8. The maximum atomic E-state index is 13.0. The maximum Gasteiger partial charge on any atom is 0.305 e. The molecule has 1 heterocycles. The van der Waals surface area contributed by atoms with Gasteiger partial charge in [0.15, 0.2) is 6.61 Å². The van der Waals surface area contributed by atoms with Gasteiger partial charge in [0.1, 0.15) is 15.9 Å². The molecule has 1 aliphatic heterocycles. The van der Waals surface area contributed by atoms with E-state index in [-0.39, 0.29) is 28.8 Å². The van der Waals surface area contributed by atoms with Gasteiger partial charge in [-0.3, -0.25) is 19.3 Å². The Morgan fingerprint density at radius 1 is 1.25 bits per heavy atom. The molecular formula is C21H16ClFN2O5S2. The summed E-state index contributed by atoms with van der Waals surface area (Å²) in [5.41, 5.74) is 0.868. The zero-order valence-electron chi connectivity index (χ0n) is 16.3. The van der Waals surface area contributed by atoms with Crippen molar-refractivity contribution in [3.8, 4) is 5.75 Å². The van der Waals surface area contributed by atoms with Crippen molar-refractivity contribution in [2.24, 2.45) is 0 Å². The van der Waals surface area contributed by atoms with E-state index in [1.807, 2.05) is 0 Å². The van der Waals surface area contributed by atoms with E-state index in [0.29, 0.717) is 22.0 Å². The van der Waals surface area contributed by atoms with Gasteiger partial charge in [0, 0.05) is 22.8 Å². The Hall–Kier alpha value is -2.95. The largest absolute Gasteiger partial charge is 0.483 e. The third-order valence-corrected chi connectivity index (χ3v) is 5.78. The van der Waals surface area contributed by atoms with E-state index in [9.17, 15) is 18.8 Å². The Bertz CT molecular complexity index is 1110. The molecule has 1 saturated heterocycles. The first kappa shape index (κ1) is 23.7. The van der Waals surface area contributed by atoms with Crippen LogP contribution in [-0.2, 0) is 14.4 Å². The molecule has 32 heavy (non-hydrogen) atoms. The lowest BCUT2D eigenvalue weighted by Crippen LogP contribution is -2.30. The number of thioether (sulfide) groups is 1. The number of hydrogen-bond acceptors (Lipinski definition) is 6. The Labute approximate surface area is 197 Å². The van der Waals surface area contributed by atoms with E-state index in [1.54, 1.807) is 18.2 Å². The summed E-state index contributed by atoms with van der Waals surface area (Å²) >= 11 is 12.3. The third kappa shape index (κ3) is 6.28. The average molecular weight is 495 g/mol. The Kier molecular flexibility index (Phi) is 7.84. The fraction of sp³-hybridized carbons (Fsp3) is 0.143. The number of amides is 2. The Morgan fingerprint density at radius 3 is 2.66 bits per heavy atom. The van der Waals surface area contributed by atoms with Crippen LogP contribution in [0.25, 0.3) is 6.08 Å². The van der Waals surface area contributed by atoms with E-state index in [1.165, 1.54) is 35.2 Å². The van der Waals surface area contributed by atoms with Crippen molar-refractivity contribution >= 4 is 69.4 Å². The number of hydrogen-bond donors (Lipinski definition) is 2. The molecule has 166 valence electrons. The van der Waals surface area contributed by atoms with Gasteiger partial charge in [-0.15, -0.1) is 0 Å². The molecule has 0 atom stereocenters. The van der Waals surface area contributed by atoms with Crippen molar-refractivity contribution in [1.29, 1.82) is 0 Å². The predicted molar refractivity (Wildman–Crippen MR) is 124 cm³/mol.